The lowest BCUT2D eigenvalue weighted by molar-refractivity contribution is -0.0328. The quantitative estimate of drug-likeness (QED) is 0.172. The minimum atomic E-state index is -4.50. The molecule has 0 aliphatic heterocycles. The van der Waals surface area contributed by atoms with Crippen molar-refractivity contribution in [2.24, 2.45) is 0 Å². The molecule has 0 saturated carbocycles. The first-order valence-corrected chi connectivity index (χ1v) is 13.4. The molecule has 2 aliphatic rings. The first-order chi connectivity index (χ1) is 21.1. The zero-order valence-electron chi connectivity index (χ0n) is 22.5. The number of benzene rings is 3. The minimum Gasteiger partial charge on any atom is -0.237 e. The summed E-state index contributed by atoms with van der Waals surface area (Å²) in [5, 5.41) is 30.2. The fourth-order valence-corrected chi connectivity index (χ4v) is 5.85. The van der Waals surface area contributed by atoms with E-state index in [1.165, 1.54) is 24.3 Å². The highest BCUT2D eigenvalue weighted by molar-refractivity contribution is 8.00. The molecule has 0 spiro atoms. The molecule has 44 heavy (non-hydrogen) atoms. The van der Waals surface area contributed by atoms with Crippen LogP contribution in [0.25, 0.3) is 48.1 Å². The van der Waals surface area contributed by atoms with Crippen molar-refractivity contribution in [1.29, 1.82) is 15.8 Å². The number of nitrogens with zero attached hydrogens (tertiary/aromatic N) is 6. The van der Waals surface area contributed by atoms with Crippen LogP contribution in [-0.4, -0.2) is 5.51 Å². The topological polar surface area (TPSA) is 84.4 Å². The average Bonchev–Trinajstić information content (AvgIpc) is 3.49. The van der Waals surface area contributed by atoms with E-state index in [0.29, 0.717) is 39.0 Å². The third-order valence-electron chi connectivity index (χ3n) is 7.06. The number of nitriles is 3. The van der Waals surface area contributed by atoms with Crippen LogP contribution in [0.1, 0.15) is 38.9 Å². The van der Waals surface area contributed by atoms with Crippen molar-refractivity contribution in [2.45, 2.75) is 17.3 Å². The number of thioether (sulfide) groups is 1. The summed E-state index contributed by atoms with van der Waals surface area (Å²) in [7, 11) is 0. The largest absolute Gasteiger partial charge is 0.446 e. The second kappa shape index (κ2) is 11.2. The van der Waals surface area contributed by atoms with Crippen molar-refractivity contribution in [1.82, 2.24) is 0 Å². The van der Waals surface area contributed by atoms with Gasteiger partial charge in [-0.15, -0.1) is 0 Å². The molecule has 3 aromatic rings. The smallest absolute Gasteiger partial charge is 0.237 e. The van der Waals surface area contributed by atoms with Gasteiger partial charge in [0.2, 0.25) is 5.70 Å². The van der Waals surface area contributed by atoms with Gasteiger partial charge in [-0.2, -0.15) is 18.4 Å². The molecule has 0 heterocycles. The Morgan fingerprint density at radius 1 is 0.727 bits per heavy atom. The number of alkyl halides is 3. The Morgan fingerprint density at radius 2 is 1.23 bits per heavy atom. The van der Waals surface area contributed by atoms with E-state index in [4.69, 9.17) is 19.7 Å². The van der Waals surface area contributed by atoms with E-state index in [9.17, 15) is 29.0 Å². The molecule has 0 fully saturated rings. The second-order valence-electron chi connectivity index (χ2n) is 9.47. The van der Waals surface area contributed by atoms with Crippen molar-refractivity contribution >= 4 is 45.3 Å². The fourth-order valence-electron chi connectivity index (χ4n) is 5.31. The Labute approximate surface area is 254 Å². The summed E-state index contributed by atoms with van der Waals surface area (Å²) in [6, 6.07) is 21.6. The van der Waals surface area contributed by atoms with Crippen molar-refractivity contribution in [3.63, 3.8) is 0 Å². The molecule has 0 saturated heterocycles. The van der Waals surface area contributed by atoms with Gasteiger partial charge in [0.1, 0.15) is 6.07 Å². The van der Waals surface area contributed by atoms with Gasteiger partial charge in [-0.25, -0.2) is 25.1 Å². The molecule has 5 rings (SSSR count). The van der Waals surface area contributed by atoms with Gasteiger partial charge in [-0.1, -0.05) is 48.0 Å². The van der Waals surface area contributed by atoms with E-state index >= 15 is 0 Å². The molecule has 0 atom stereocenters. The van der Waals surface area contributed by atoms with Crippen molar-refractivity contribution in [3.8, 4) is 18.2 Å². The lowest BCUT2D eigenvalue weighted by Crippen LogP contribution is -1.99. The van der Waals surface area contributed by atoms with E-state index in [0.717, 1.165) is 5.56 Å². The van der Waals surface area contributed by atoms with Gasteiger partial charge in [0, 0.05) is 10.5 Å². The number of allylic oxidation sites excluding steroid dienone is 7. The number of hydrogen-bond acceptors (Lipinski definition) is 4. The molecule has 0 aromatic heterocycles. The lowest BCUT2D eigenvalue weighted by atomic mass is 9.92. The first kappa shape index (κ1) is 29.2. The van der Waals surface area contributed by atoms with E-state index < -0.39 is 5.51 Å². The van der Waals surface area contributed by atoms with Crippen molar-refractivity contribution in [2.75, 3.05) is 0 Å². The SMILES string of the molecule is [C-]#[N+]C1=C(c2ccc(C)cc2)/C(=C(/C#N)[N+]#[C-])c2cc3c(cc21)/C(=C(/C#N)[N+]#[C-])C(c1ccc(SC(F)(F)F)cc1)=C3C#N. The van der Waals surface area contributed by atoms with Gasteiger partial charge >= 0.3 is 5.51 Å². The van der Waals surface area contributed by atoms with Crippen molar-refractivity contribution < 1.29 is 13.2 Å². The van der Waals surface area contributed by atoms with Gasteiger partial charge in [0.05, 0.1) is 37.4 Å². The Bertz CT molecular complexity index is 2140. The standard InChI is InChI=1S/C34H13F3N6S/c1-18-5-7-20(8-6-18)30-32(28(17-40)42-3)24-13-22-23(14-25(24)33(30)43-4)31(27(16-39)41-2)29(26(22)15-38)19-9-11-21(12-10-19)44-34(35,36)37/h5-14H,1H3/b31-27+,32-28-. The van der Waals surface area contributed by atoms with E-state index in [2.05, 4.69) is 20.6 Å². The minimum absolute atomic E-state index is 0.0549. The van der Waals surface area contributed by atoms with Crippen LogP contribution < -0.4 is 0 Å². The predicted octanol–water partition coefficient (Wildman–Crippen LogP) is 9.16. The van der Waals surface area contributed by atoms with Crippen LogP contribution in [0, 0.1) is 60.6 Å². The van der Waals surface area contributed by atoms with E-state index in [1.807, 2.05) is 31.2 Å². The van der Waals surface area contributed by atoms with Crippen LogP contribution in [0.15, 0.2) is 77.0 Å². The monoisotopic (exact) mass is 594 g/mol. The maximum Gasteiger partial charge on any atom is 0.446 e. The van der Waals surface area contributed by atoms with Crippen LogP contribution in [0.5, 0.6) is 0 Å². The summed E-state index contributed by atoms with van der Waals surface area (Å²) < 4.78 is 38.8. The van der Waals surface area contributed by atoms with Crippen LogP contribution in [0.2, 0.25) is 0 Å². The predicted molar refractivity (Wildman–Crippen MR) is 160 cm³/mol. The maximum absolute atomic E-state index is 12.9. The molecule has 0 radical (unpaired) electrons. The highest BCUT2D eigenvalue weighted by Crippen LogP contribution is 2.55. The van der Waals surface area contributed by atoms with Gasteiger partial charge in [0.25, 0.3) is 11.4 Å². The number of aryl methyl sites for hydroxylation is 1. The number of rotatable bonds is 3. The van der Waals surface area contributed by atoms with Gasteiger partial charge < -0.3 is 0 Å². The van der Waals surface area contributed by atoms with Crippen LogP contribution >= 0.6 is 11.8 Å². The molecule has 0 N–H and O–H groups in total. The third-order valence-corrected chi connectivity index (χ3v) is 7.80. The third kappa shape index (κ3) is 4.79. The molecular formula is C34H13F3N6S. The molecule has 0 unspecified atom stereocenters. The summed E-state index contributed by atoms with van der Waals surface area (Å²) in [5.41, 5.74) is -0.790. The molecule has 3 aromatic carbocycles. The first-order valence-electron chi connectivity index (χ1n) is 12.5. The zero-order chi connectivity index (χ0) is 31.8. The number of halogens is 3. The molecule has 2 aliphatic carbocycles. The summed E-state index contributed by atoms with van der Waals surface area (Å²) in [5.74, 6) is 0. The highest BCUT2D eigenvalue weighted by Gasteiger charge is 2.37. The van der Waals surface area contributed by atoms with Gasteiger partial charge in [0.15, 0.2) is 0 Å². The normalized spacial score (nSPS) is 15.6. The van der Waals surface area contributed by atoms with Gasteiger partial charge in [-0.05, 0) is 87.0 Å². The maximum atomic E-state index is 12.9. The Kier molecular flexibility index (Phi) is 7.42. The fraction of sp³-hybridized carbons (Fsp3) is 0.0588. The van der Waals surface area contributed by atoms with Crippen LogP contribution in [0.4, 0.5) is 13.2 Å². The Morgan fingerprint density at radius 3 is 1.73 bits per heavy atom. The van der Waals surface area contributed by atoms with Crippen molar-refractivity contribution in [3.05, 3.63) is 145 Å². The molecule has 6 nitrogen and oxygen atoms in total. The van der Waals surface area contributed by atoms with Gasteiger partial charge in [-0.3, -0.25) is 0 Å². The Balaban J connectivity index is 1.84. The van der Waals surface area contributed by atoms with Crippen LogP contribution in [-0.2, 0) is 0 Å². The van der Waals surface area contributed by atoms with E-state index in [1.54, 1.807) is 24.3 Å². The van der Waals surface area contributed by atoms with E-state index in [-0.39, 0.29) is 56.0 Å². The summed E-state index contributed by atoms with van der Waals surface area (Å²) >= 11 is -0.297. The highest BCUT2D eigenvalue weighted by atomic mass is 32.2. The lowest BCUT2D eigenvalue weighted by Gasteiger charge is -2.12. The molecule has 0 bridgehead atoms. The second-order valence-corrected chi connectivity index (χ2v) is 10.6. The molecule has 0 amide bonds. The zero-order valence-corrected chi connectivity index (χ0v) is 23.3. The summed E-state index contributed by atoms with van der Waals surface area (Å²) in [6.45, 7) is 25.3. The Hall–Kier alpha value is -6.30. The number of hydrogen-bond donors (Lipinski definition) is 0. The molecule has 206 valence electrons. The summed E-state index contributed by atoms with van der Waals surface area (Å²) in [6.07, 6.45) is 0. The average molecular weight is 595 g/mol. The molecule has 10 heteroatoms. The molecular weight excluding hydrogens is 581 g/mol. The van der Waals surface area contributed by atoms with Crippen LogP contribution in [0.3, 0.4) is 0 Å². The number of fused-ring (bicyclic) bond motifs is 2. The summed E-state index contributed by atoms with van der Waals surface area (Å²) in [4.78, 5) is 10.5.